The van der Waals surface area contributed by atoms with Crippen LogP contribution in [-0.2, 0) is 8.85 Å². The zero-order valence-corrected chi connectivity index (χ0v) is 23.0. The highest BCUT2D eigenvalue weighted by molar-refractivity contribution is 6.44. The maximum absolute atomic E-state index is 5.76. The molecule has 0 bridgehead atoms. The molecular weight excluding hydrogens is 410 g/mol. The number of halogens is 1. The summed E-state index contributed by atoms with van der Waals surface area (Å²) in [4.78, 5) is 0. The maximum atomic E-state index is 5.76. The van der Waals surface area contributed by atoms with Crippen molar-refractivity contribution >= 4 is 9.28 Å². The Bertz CT molecular complexity index is 326. The highest BCUT2D eigenvalue weighted by Gasteiger charge is 2.19. The van der Waals surface area contributed by atoms with Crippen LogP contribution in [0.2, 0.25) is 6.04 Å². The Labute approximate surface area is 198 Å². The van der Waals surface area contributed by atoms with E-state index >= 15 is 0 Å². The van der Waals surface area contributed by atoms with E-state index in [4.69, 9.17) is 8.85 Å². The van der Waals surface area contributed by atoms with Crippen LogP contribution >= 0.6 is 0 Å². The van der Waals surface area contributed by atoms with Crippen LogP contribution < -0.4 is 12.4 Å². The first-order chi connectivity index (χ1) is 14.1. The van der Waals surface area contributed by atoms with E-state index in [-0.39, 0.29) is 12.4 Å². The largest absolute Gasteiger partial charge is 1.00 e. The van der Waals surface area contributed by atoms with Crippen LogP contribution in [0.3, 0.4) is 0 Å². The molecule has 30 heavy (non-hydrogen) atoms. The van der Waals surface area contributed by atoms with Crippen LogP contribution in [-0.4, -0.2) is 54.2 Å². The fourth-order valence-electron chi connectivity index (χ4n) is 4.01. The van der Waals surface area contributed by atoms with E-state index in [0.29, 0.717) is 0 Å². The first kappa shape index (κ1) is 32.6. The van der Waals surface area contributed by atoms with Gasteiger partial charge < -0.3 is 25.7 Å². The van der Waals surface area contributed by atoms with Crippen molar-refractivity contribution in [3.63, 3.8) is 0 Å². The van der Waals surface area contributed by atoms with Crippen molar-refractivity contribution < 1.29 is 25.7 Å². The third kappa shape index (κ3) is 23.1. The Morgan fingerprint density at radius 1 is 0.533 bits per heavy atom. The maximum Gasteiger partial charge on any atom is 0.384 e. The third-order valence-corrected chi connectivity index (χ3v) is 7.86. The van der Waals surface area contributed by atoms with Gasteiger partial charge in [0.1, 0.15) is 0 Å². The molecule has 0 aliphatic rings. The molecule has 0 aromatic heterocycles. The number of hydrogen-bond donors (Lipinski definition) is 0. The summed E-state index contributed by atoms with van der Waals surface area (Å²) in [6, 6.07) is 1.12. The molecule has 0 unspecified atom stereocenters. The Morgan fingerprint density at radius 3 is 1.30 bits per heavy atom. The standard InChI is InChI=1S/C25H55NO2Si.ClH/c1-6-9-10-11-12-13-14-15-16-17-18-19-20-21-23-26(4,5)24-22-25-29(27-7-2)28-8-3;/h6-25H2,1-5H3;1H/q+1;/p-1. The van der Waals surface area contributed by atoms with Crippen LogP contribution in [0.25, 0.3) is 0 Å². The number of quaternary nitrogens is 1. The smallest absolute Gasteiger partial charge is 0.384 e. The summed E-state index contributed by atoms with van der Waals surface area (Å²) in [5, 5.41) is 0. The lowest BCUT2D eigenvalue weighted by Crippen LogP contribution is -3.00. The van der Waals surface area contributed by atoms with Crippen molar-refractivity contribution in [3.8, 4) is 0 Å². The predicted octanol–water partition coefficient (Wildman–Crippen LogP) is 4.50. The van der Waals surface area contributed by atoms with Gasteiger partial charge in [0.05, 0.1) is 27.2 Å². The normalized spacial score (nSPS) is 11.8. The zero-order chi connectivity index (χ0) is 21.6. The second-order valence-electron chi connectivity index (χ2n) is 9.32. The SMILES string of the molecule is CCCCCCCCCCCCCCCC[N+](C)(C)CCC[Si](OCC)OCC.[Cl-]. The minimum atomic E-state index is -1.03. The second-order valence-corrected chi connectivity index (χ2v) is 11.1. The molecule has 5 heteroatoms. The molecule has 0 saturated heterocycles. The highest BCUT2D eigenvalue weighted by Crippen LogP contribution is 2.14. The van der Waals surface area contributed by atoms with E-state index in [9.17, 15) is 0 Å². The molecular formula is C25H55ClNO2Si. The lowest BCUT2D eigenvalue weighted by molar-refractivity contribution is -0.890. The average Bonchev–Trinajstić information content (AvgIpc) is 2.68. The fourth-order valence-corrected chi connectivity index (χ4v) is 5.47. The monoisotopic (exact) mass is 464 g/mol. The lowest BCUT2D eigenvalue weighted by Gasteiger charge is -2.30. The second kappa shape index (κ2) is 24.0. The molecule has 0 aliphatic heterocycles. The molecule has 0 heterocycles. The van der Waals surface area contributed by atoms with Gasteiger partial charge in [0.2, 0.25) is 0 Å². The van der Waals surface area contributed by atoms with E-state index < -0.39 is 9.28 Å². The molecule has 0 atom stereocenters. The lowest BCUT2D eigenvalue weighted by atomic mass is 10.0. The van der Waals surface area contributed by atoms with E-state index in [0.717, 1.165) is 23.7 Å². The highest BCUT2D eigenvalue weighted by atomic mass is 35.5. The van der Waals surface area contributed by atoms with Gasteiger partial charge in [-0.3, -0.25) is 0 Å². The van der Waals surface area contributed by atoms with E-state index in [1.807, 2.05) is 0 Å². The first-order valence-electron chi connectivity index (χ1n) is 13.0. The predicted molar refractivity (Wildman–Crippen MR) is 131 cm³/mol. The van der Waals surface area contributed by atoms with Gasteiger partial charge >= 0.3 is 9.28 Å². The van der Waals surface area contributed by atoms with Crippen molar-refractivity contribution in [1.29, 1.82) is 0 Å². The van der Waals surface area contributed by atoms with Gasteiger partial charge in [-0.1, -0.05) is 84.0 Å². The summed E-state index contributed by atoms with van der Waals surface area (Å²) in [6.45, 7) is 10.6. The van der Waals surface area contributed by atoms with Crippen molar-refractivity contribution in [3.05, 3.63) is 0 Å². The number of rotatable bonds is 23. The number of nitrogens with zero attached hydrogens (tertiary/aromatic N) is 1. The molecule has 0 aliphatic carbocycles. The Hall–Kier alpha value is 0.387. The summed E-state index contributed by atoms with van der Waals surface area (Å²) in [6.07, 6.45) is 21.4. The van der Waals surface area contributed by atoms with Crippen molar-refractivity contribution in [2.24, 2.45) is 0 Å². The average molecular weight is 465 g/mol. The van der Waals surface area contributed by atoms with Gasteiger partial charge in [-0.15, -0.1) is 0 Å². The molecule has 0 aromatic rings. The zero-order valence-electron chi connectivity index (χ0n) is 21.3. The molecule has 0 fully saturated rings. The van der Waals surface area contributed by atoms with E-state index in [2.05, 4.69) is 34.9 Å². The Kier molecular flexibility index (Phi) is 26.1. The fraction of sp³-hybridized carbons (Fsp3) is 1.00. The van der Waals surface area contributed by atoms with Crippen molar-refractivity contribution in [2.45, 2.75) is 123 Å². The van der Waals surface area contributed by atoms with E-state index in [1.165, 1.54) is 109 Å². The topological polar surface area (TPSA) is 18.5 Å². The summed E-state index contributed by atoms with van der Waals surface area (Å²) in [5.41, 5.74) is 0. The van der Waals surface area contributed by atoms with Crippen molar-refractivity contribution in [2.75, 3.05) is 40.4 Å². The summed E-state index contributed by atoms with van der Waals surface area (Å²) < 4.78 is 12.7. The molecule has 0 amide bonds. The molecule has 1 radical (unpaired) electrons. The molecule has 183 valence electrons. The van der Waals surface area contributed by atoms with Crippen LogP contribution in [0, 0.1) is 0 Å². The van der Waals surface area contributed by atoms with Gasteiger partial charge in [0.25, 0.3) is 0 Å². The van der Waals surface area contributed by atoms with E-state index in [1.54, 1.807) is 0 Å². The molecule has 3 nitrogen and oxygen atoms in total. The molecule has 0 aromatic carbocycles. The molecule has 0 rings (SSSR count). The van der Waals surface area contributed by atoms with Crippen LogP contribution in [0.4, 0.5) is 0 Å². The van der Waals surface area contributed by atoms with Crippen LogP contribution in [0.1, 0.15) is 117 Å². The van der Waals surface area contributed by atoms with Crippen molar-refractivity contribution in [1.82, 2.24) is 0 Å². The number of hydrogen-bond acceptors (Lipinski definition) is 2. The van der Waals surface area contributed by atoms with Gasteiger partial charge in [-0.25, -0.2) is 0 Å². The van der Waals surface area contributed by atoms with Crippen LogP contribution in [0.5, 0.6) is 0 Å². The minimum Gasteiger partial charge on any atom is -1.00 e. The van der Waals surface area contributed by atoms with Gasteiger partial charge in [-0.2, -0.15) is 0 Å². The molecule has 0 spiro atoms. The summed E-state index contributed by atoms with van der Waals surface area (Å²) >= 11 is 0. The van der Waals surface area contributed by atoms with Crippen LogP contribution in [0.15, 0.2) is 0 Å². The Balaban J connectivity index is 0. The minimum absolute atomic E-state index is 0. The first-order valence-corrected chi connectivity index (χ1v) is 14.5. The molecule has 0 saturated carbocycles. The summed E-state index contributed by atoms with van der Waals surface area (Å²) in [5.74, 6) is 0. The quantitative estimate of drug-likeness (QED) is 0.126. The number of unbranched alkanes of at least 4 members (excludes halogenated alkanes) is 13. The Morgan fingerprint density at radius 2 is 0.900 bits per heavy atom. The summed E-state index contributed by atoms with van der Waals surface area (Å²) in [7, 11) is 3.74. The van der Waals surface area contributed by atoms with Gasteiger partial charge in [0, 0.05) is 13.2 Å². The third-order valence-electron chi connectivity index (χ3n) is 5.87. The molecule has 0 N–H and O–H groups in total. The van der Waals surface area contributed by atoms with Gasteiger partial charge in [0.15, 0.2) is 0 Å². The van der Waals surface area contributed by atoms with Gasteiger partial charge in [-0.05, 0) is 39.2 Å².